The summed E-state index contributed by atoms with van der Waals surface area (Å²) in [6.45, 7) is 5.55. The first-order chi connectivity index (χ1) is 9.72. The number of nitrogens with zero attached hydrogens (tertiary/aromatic N) is 1. The van der Waals surface area contributed by atoms with Crippen LogP contribution in [0.25, 0.3) is 0 Å². The average Bonchev–Trinajstić information content (AvgIpc) is 2.81. The summed E-state index contributed by atoms with van der Waals surface area (Å²) < 4.78 is 28.3. The highest BCUT2D eigenvalue weighted by Gasteiger charge is 2.25. The van der Waals surface area contributed by atoms with E-state index in [1.807, 2.05) is 6.92 Å². The van der Waals surface area contributed by atoms with Crippen molar-refractivity contribution in [3.05, 3.63) is 18.0 Å². The molecule has 7 nitrogen and oxygen atoms in total. The number of aromatic nitrogens is 1. The molecule has 1 atom stereocenters. The number of carbonyl (C=O) groups is 1. The quantitative estimate of drug-likeness (QED) is 0.659. The summed E-state index contributed by atoms with van der Waals surface area (Å²) in [6, 6.07) is 0.521. The third-order valence-corrected chi connectivity index (χ3v) is 4.63. The van der Waals surface area contributed by atoms with E-state index in [0.717, 1.165) is 6.07 Å². The lowest BCUT2D eigenvalue weighted by molar-refractivity contribution is 0.0685. The molecule has 1 aromatic heterocycles. The molecule has 3 N–H and O–H groups in total. The summed E-state index contributed by atoms with van der Waals surface area (Å²) in [7, 11) is -3.86. The van der Waals surface area contributed by atoms with E-state index in [-0.39, 0.29) is 23.1 Å². The van der Waals surface area contributed by atoms with E-state index in [4.69, 9.17) is 5.11 Å². The monoisotopic (exact) mass is 318 g/mol. The Labute approximate surface area is 124 Å². The highest BCUT2D eigenvalue weighted by Crippen LogP contribution is 2.17. The number of carboxylic acids is 1. The zero-order valence-corrected chi connectivity index (χ0v) is 13.2. The van der Waals surface area contributed by atoms with E-state index >= 15 is 0 Å². The maximum Gasteiger partial charge on any atom is 0.352 e. The van der Waals surface area contributed by atoms with Gasteiger partial charge in [-0.05, 0) is 18.4 Å². The van der Waals surface area contributed by atoms with Crippen LogP contribution in [0.4, 0.5) is 0 Å². The molecule has 1 aromatic rings. The molecule has 0 amide bonds. The van der Waals surface area contributed by atoms with Gasteiger partial charge in [0.15, 0.2) is 0 Å². The van der Waals surface area contributed by atoms with Gasteiger partial charge in [0.25, 0.3) is 0 Å². The number of rotatable bonds is 8. The Morgan fingerprint density at radius 3 is 2.48 bits per heavy atom. The molecular formula is C13H22N2O5S. The molecule has 0 aliphatic rings. The SMILES string of the molecule is CCCn1cc(S(=O)(=O)NC(CO)C(C)C)cc1C(=O)O. The molecular weight excluding hydrogens is 296 g/mol. The molecule has 0 aliphatic carbocycles. The van der Waals surface area contributed by atoms with Crippen LogP contribution in [0.2, 0.25) is 0 Å². The van der Waals surface area contributed by atoms with Crippen molar-refractivity contribution in [3.8, 4) is 0 Å². The zero-order valence-electron chi connectivity index (χ0n) is 12.4. The second-order valence-corrected chi connectivity index (χ2v) is 6.93. The van der Waals surface area contributed by atoms with Crippen molar-refractivity contribution in [2.24, 2.45) is 5.92 Å². The van der Waals surface area contributed by atoms with Gasteiger partial charge in [0.05, 0.1) is 6.61 Å². The Morgan fingerprint density at radius 1 is 1.43 bits per heavy atom. The second-order valence-electron chi connectivity index (χ2n) is 5.21. The summed E-state index contributed by atoms with van der Waals surface area (Å²) in [5, 5.41) is 18.3. The number of aliphatic hydroxyl groups excluding tert-OH is 1. The van der Waals surface area contributed by atoms with Gasteiger partial charge in [-0.15, -0.1) is 0 Å². The molecule has 0 aromatic carbocycles. The lowest BCUT2D eigenvalue weighted by Gasteiger charge is -2.19. The molecule has 0 fully saturated rings. The molecule has 0 spiro atoms. The molecule has 120 valence electrons. The van der Waals surface area contributed by atoms with Crippen molar-refractivity contribution >= 4 is 16.0 Å². The second kappa shape index (κ2) is 7.06. The van der Waals surface area contributed by atoms with Gasteiger partial charge in [0.1, 0.15) is 10.6 Å². The standard InChI is InChI=1S/C13H22N2O5S/c1-4-5-15-7-10(6-12(15)13(17)18)21(19,20)14-11(8-16)9(2)3/h6-7,9,11,14,16H,4-5,8H2,1-3H3,(H,17,18). The van der Waals surface area contributed by atoms with E-state index in [0.29, 0.717) is 13.0 Å². The molecule has 0 aliphatic heterocycles. The third-order valence-electron chi connectivity index (χ3n) is 3.17. The van der Waals surface area contributed by atoms with Crippen LogP contribution in [0.5, 0.6) is 0 Å². The van der Waals surface area contributed by atoms with E-state index < -0.39 is 22.0 Å². The van der Waals surface area contributed by atoms with Crippen molar-refractivity contribution in [2.45, 2.75) is 44.7 Å². The van der Waals surface area contributed by atoms with Crippen LogP contribution < -0.4 is 4.72 Å². The third kappa shape index (κ3) is 4.29. The molecule has 0 saturated carbocycles. The largest absolute Gasteiger partial charge is 0.477 e. The van der Waals surface area contributed by atoms with Crippen molar-refractivity contribution in [1.82, 2.24) is 9.29 Å². The summed E-state index contributed by atoms with van der Waals surface area (Å²) in [5.74, 6) is -1.26. The summed E-state index contributed by atoms with van der Waals surface area (Å²) in [4.78, 5) is 11.0. The average molecular weight is 318 g/mol. The summed E-state index contributed by atoms with van der Waals surface area (Å²) >= 11 is 0. The van der Waals surface area contributed by atoms with Crippen LogP contribution in [-0.2, 0) is 16.6 Å². The summed E-state index contributed by atoms with van der Waals surface area (Å²) in [5.41, 5.74) is -0.0673. The Balaban J connectivity index is 3.14. The van der Waals surface area contributed by atoms with Crippen molar-refractivity contribution in [1.29, 1.82) is 0 Å². The lowest BCUT2D eigenvalue weighted by Crippen LogP contribution is -2.40. The number of carboxylic acid groups (broad SMARTS) is 1. The van der Waals surface area contributed by atoms with Crippen molar-refractivity contribution in [3.63, 3.8) is 0 Å². The van der Waals surface area contributed by atoms with Crippen molar-refractivity contribution < 1.29 is 23.4 Å². The number of nitrogens with one attached hydrogen (secondary N) is 1. The Kier molecular flexibility index (Phi) is 5.94. The zero-order chi connectivity index (χ0) is 16.2. The van der Waals surface area contributed by atoms with Crippen LogP contribution in [0.15, 0.2) is 17.2 Å². The van der Waals surface area contributed by atoms with Crippen LogP contribution in [0, 0.1) is 5.92 Å². The molecule has 0 saturated heterocycles. The fourth-order valence-corrected chi connectivity index (χ4v) is 3.30. The van der Waals surface area contributed by atoms with Gasteiger partial charge in [0.2, 0.25) is 10.0 Å². The molecule has 1 heterocycles. The van der Waals surface area contributed by atoms with Crippen LogP contribution >= 0.6 is 0 Å². The minimum atomic E-state index is -3.86. The molecule has 8 heteroatoms. The predicted molar refractivity (Wildman–Crippen MR) is 77.7 cm³/mol. The number of aliphatic hydroxyl groups is 1. The fraction of sp³-hybridized carbons (Fsp3) is 0.615. The molecule has 1 unspecified atom stereocenters. The van der Waals surface area contributed by atoms with Crippen LogP contribution in [0.3, 0.4) is 0 Å². The highest BCUT2D eigenvalue weighted by atomic mass is 32.2. The van der Waals surface area contributed by atoms with Crippen LogP contribution in [-0.4, -0.2) is 41.8 Å². The first-order valence-electron chi connectivity index (χ1n) is 6.79. The number of sulfonamides is 1. The number of hydrogen-bond donors (Lipinski definition) is 3. The number of aromatic carboxylic acids is 1. The Morgan fingerprint density at radius 2 is 2.05 bits per heavy atom. The predicted octanol–water partition coefficient (Wildman–Crippen LogP) is 0.891. The smallest absolute Gasteiger partial charge is 0.352 e. The van der Waals surface area contributed by atoms with E-state index in [1.165, 1.54) is 10.8 Å². The first-order valence-corrected chi connectivity index (χ1v) is 8.27. The highest BCUT2D eigenvalue weighted by molar-refractivity contribution is 7.89. The Hall–Kier alpha value is -1.38. The van der Waals surface area contributed by atoms with E-state index in [2.05, 4.69) is 4.72 Å². The molecule has 0 bridgehead atoms. The van der Waals surface area contributed by atoms with Gasteiger partial charge in [-0.25, -0.2) is 17.9 Å². The maximum absolute atomic E-state index is 12.3. The van der Waals surface area contributed by atoms with Gasteiger partial charge in [0, 0.05) is 18.8 Å². The molecule has 21 heavy (non-hydrogen) atoms. The van der Waals surface area contributed by atoms with Crippen LogP contribution in [0.1, 0.15) is 37.7 Å². The minimum absolute atomic E-state index is 0.0673. The van der Waals surface area contributed by atoms with Crippen molar-refractivity contribution in [2.75, 3.05) is 6.61 Å². The molecule has 0 radical (unpaired) electrons. The van der Waals surface area contributed by atoms with E-state index in [1.54, 1.807) is 13.8 Å². The normalized spacial score (nSPS) is 13.6. The molecule has 1 rings (SSSR count). The lowest BCUT2D eigenvalue weighted by atomic mass is 10.1. The van der Waals surface area contributed by atoms with Gasteiger partial charge in [-0.1, -0.05) is 20.8 Å². The first kappa shape index (κ1) is 17.7. The number of aryl methyl sites for hydroxylation is 1. The van der Waals surface area contributed by atoms with Gasteiger partial charge in [-0.2, -0.15) is 0 Å². The number of hydrogen-bond acceptors (Lipinski definition) is 4. The van der Waals surface area contributed by atoms with Gasteiger partial charge >= 0.3 is 5.97 Å². The van der Waals surface area contributed by atoms with Gasteiger partial charge < -0.3 is 14.8 Å². The summed E-state index contributed by atoms with van der Waals surface area (Å²) in [6.07, 6.45) is 2.00. The maximum atomic E-state index is 12.3. The minimum Gasteiger partial charge on any atom is -0.477 e. The topological polar surface area (TPSA) is 109 Å². The van der Waals surface area contributed by atoms with E-state index in [9.17, 15) is 18.3 Å². The Bertz CT molecular complexity index is 592. The fourth-order valence-electron chi connectivity index (χ4n) is 1.89. The van der Waals surface area contributed by atoms with Gasteiger partial charge in [-0.3, -0.25) is 0 Å².